The van der Waals surface area contributed by atoms with Gasteiger partial charge in [-0.1, -0.05) is 6.07 Å². The number of carbonyl (C=O) groups excluding carboxylic acids is 1. The van der Waals surface area contributed by atoms with E-state index in [4.69, 9.17) is 0 Å². The summed E-state index contributed by atoms with van der Waals surface area (Å²) in [4.78, 5) is 42.7. The zero-order chi connectivity index (χ0) is 15.1. The molecule has 3 rings (SSSR count). The van der Waals surface area contributed by atoms with E-state index in [2.05, 4.69) is 25.9 Å². The summed E-state index contributed by atoms with van der Waals surface area (Å²) in [5, 5.41) is 1.81. The van der Waals surface area contributed by atoms with E-state index in [1.165, 1.54) is 27.5 Å². The van der Waals surface area contributed by atoms with Crippen molar-refractivity contribution in [1.82, 2.24) is 19.1 Å². The average molecular weight is 369 g/mol. The van der Waals surface area contributed by atoms with Gasteiger partial charge in [-0.15, -0.1) is 11.3 Å². The number of halogens is 1. The van der Waals surface area contributed by atoms with E-state index in [0.29, 0.717) is 9.61 Å². The summed E-state index contributed by atoms with van der Waals surface area (Å²) >= 11 is 4.56. The van der Waals surface area contributed by atoms with Gasteiger partial charge in [-0.2, -0.15) is 0 Å². The van der Waals surface area contributed by atoms with Gasteiger partial charge in [-0.3, -0.25) is 19.1 Å². The molecule has 0 aliphatic carbocycles. The highest BCUT2D eigenvalue weighted by Gasteiger charge is 2.18. The number of nitrogens with zero attached hydrogens (tertiary/aromatic N) is 3. The maximum atomic E-state index is 12.2. The van der Waals surface area contributed by atoms with Crippen LogP contribution in [0.1, 0.15) is 9.67 Å². The van der Waals surface area contributed by atoms with Crippen LogP contribution in [0, 0.1) is 0 Å². The normalized spacial score (nSPS) is 11.1. The van der Waals surface area contributed by atoms with Gasteiger partial charge >= 0.3 is 5.69 Å². The first-order chi connectivity index (χ1) is 9.99. The lowest BCUT2D eigenvalue weighted by Gasteiger charge is -2.03. The third kappa shape index (κ3) is 2.28. The number of carbonyl (C=O) groups is 1. The number of aromatic nitrogens is 4. The molecule has 0 spiro atoms. The molecular formula is C12H9BrN4O3S. The third-order valence-corrected chi connectivity index (χ3v) is 4.57. The van der Waals surface area contributed by atoms with Crippen LogP contribution in [0.2, 0.25) is 0 Å². The van der Waals surface area contributed by atoms with Crippen LogP contribution in [-0.2, 0) is 13.6 Å². The molecule has 0 saturated heterocycles. The Morgan fingerprint density at radius 2 is 2.24 bits per heavy atom. The molecule has 3 heterocycles. The molecule has 0 saturated carbocycles. The predicted molar refractivity (Wildman–Crippen MR) is 81.9 cm³/mol. The number of aryl methyl sites for hydroxylation is 1. The lowest BCUT2D eigenvalue weighted by Crippen LogP contribution is -2.29. The summed E-state index contributed by atoms with van der Waals surface area (Å²) in [5.74, 6) is -0.127. The summed E-state index contributed by atoms with van der Waals surface area (Å²) < 4.78 is 3.01. The van der Waals surface area contributed by atoms with Crippen LogP contribution in [0.15, 0.2) is 31.8 Å². The third-order valence-electron chi connectivity index (χ3n) is 3.06. The Labute approximate surface area is 130 Å². The van der Waals surface area contributed by atoms with Crippen molar-refractivity contribution in [2.45, 2.75) is 6.54 Å². The summed E-state index contributed by atoms with van der Waals surface area (Å²) in [6.45, 7) is -0.0289. The van der Waals surface area contributed by atoms with Gasteiger partial charge in [0, 0.05) is 7.05 Å². The van der Waals surface area contributed by atoms with E-state index in [-0.39, 0.29) is 23.5 Å². The second-order valence-electron chi connectivity index (χ2n) is 4.36. The van der Waals surface area contributed by atoms with Gasteiger partial charge in [0.2, 0.25) is 0 Å². The van der Waals surface area contributed by atoms with Crippen LogP contribution in [0.25, 0.3) is 11.2 Å². The number of H-pyrrole nitrogens is 1. The van der Waals surface area contributed by atoms with E-state index in [1.54, 1.807) is 12.1 Å². The van der Waals surface area contributed by atoms with E-state index in [1.807, 2.05) is 5.38 Å². The number of ketones is 1. The molecule has 108 valence electrons. The summed E-state index contributed by atoms with van der Waals surface area (Å²) in [5.41, 5.74) is -0.692. The Morgan fingerprint density at radius 1 is 1.48 bits per heavy atom. The number of fused-ring (bicyclic) bond motifs is 1. The lowest BCUT2D eigenvalue weighted by atomic mass is 10.3. The smallest absolute Gasteiger partial charge is 0.305 e. The molecule has 0 radical (unpaired) electrons. The van der Waals surface area contributed by atoms with Crippen LogP contribution in [0.4, 0.5) is 0 Å². The van der Waals surface area contributed by atoms with E-state index in [0.717, 1.165) is 0 Å². The molecule has 0 aromatic carbocycles. The zero-order valence-corrected chi connectivity index (χ0v) is 13.2. The molecular weight excluding hydrogens is 360 g/mol. The number of thiophene rings is 1. The zero-order valence-electron chi connectivity index (χ0n) is 10.8. The fourth-order valence-electron chi connectivity index (χ4n) is 2.01. The topological polar surface area (TPSA) is 89.8 Å². The maximum Gasteiger partial charge on any atom is 0.329 e. The van der Waals surface area contributed by atoms with Crippen molar-refractivity contribution < 1.29 is 4.79 Å². The van der Waals surface area contributed by atoms with Gasteiger partial charge in [0.05, 0.1) is 11.4 Å². The van der Waals surface area contributed by atoms with Crippen molar-refractivity contribution >= 4 is 44.2 Å². The molecule has 7 nitrogen and oxygen atoms in total. The molecule has 0 fully saturated rings. The lowest BCUT2D eigenvalue weighted by molar-refractivity contribution is 0.0976. The molecule has 0 atom stereocenters. The number of nitrogens with one attached hydrogen (secondary N) is 1. The molecule has 0 aliphatic rings. The first kappa shape index (κ1) is 14.0. The number of rotatable bonds is 3. The van der Waals surface area contributed by atoms with Gasteiger partial charge in [-0.25, -0.2) is 9.78 Å². The standard InChI is InChI=1S/C12H9BrN4O3S/c1-16-9-8(10(19)15-12(16)20)17(11(13)14-9)5-6(18)7-3-2-4-21-7/h2-4H,5H2,1H3,(H,15,19,20). The van der Waals surface area contributed by atoms with Gasteiger partial charge in [0.1, 0.15) is 0 Å². The highest BCUT2D eigenvalue weighted by molar-refractivity contribution is 9.10. The predicted octanol–water partition coefficient (Wildman–Crippen LogP) is 1.13. The Bertz CT molecular complexity index is 951. The van der Waals surface area contributed by atoms with Crippen molar-refractivity contribution in [2.24, 2.45) is 7.05 Å². The second kappa shape index (κ2) is 5.08. The molecule has 1 N–H and O–H groups in total. The molecule has 0 amide bonds. The molecule has 0 unspecified atom stereocenters. The van der Waals surface area contributed by atoms with Gasteiger partial charge < -0.3 is 4.57 Å². The highest BCUT2D eigenvalue weighted by Crippen LogP contribution is 2.18. The Kier molecular flexibility index (Phi) is 3.38. The minimum atomic E-state index is -0.565. The minimum absolute atomic E-state index is 0.0289. The number of hydrogen-bond donors (Lipinski definition) is 1. The average Bonchev–Trinajstić information content (AvgIpc) is 3.05. The summed E-state index contributed by atoms with van der Waals surface area (Å²) in [7, 11) is 1.51. The quantitative estimate of drug-likeness (QED) is 0.554. The van der Waals surface area contributed by atoms with Gasteiger partial charge in [0.25, 0.3) is 5.56 Å². The van der Waals surface area contributed by atoms with Crippen LogP contribution < -0.4 is 11.2 Å². The Morgan fingerprint density at radius 3 is 2.90 bits per heavy atom. The summed E-state index contributed by atoms with van der Waals surface area (Å²) in [6.07, 6.45) is 0. The summed E-state index contributed by atoms with van der Waals surface area (Å²) in [6, 6.07) is 3.51. The van der Waals surface area contributed by atoms with Crippen LogP contribution in [0.5, 0.6) is 0 Å². The van der Waals surface area contributed by atoms with Crippen LogP contribution >= 0.6 is 27.3 Å². The second-order valence-corrected chi connectivity index (χ2v) is 6.01. The minimum Gasteiger partial charge on any atom is -0.305 e. The number of Topliss-reactive ketones (excluding diaryl/α,β-unsaturated/α-hetero) is 1. The van der Waals surface area contributed by atoms with Gasteiger partial charge in [-0.05, 0) is 27.4 Å². The van der Waals surface area contributed by atoms with E-state index >= 15 is 0 Å². The monoisotopic (exact) mass is 368 g/mol. The molecule has 21 heavy (non-hydrogen) atoms. The fraction of sp³-hybridized carbons (Fsp3) is 0.167. The number of imidazole rings is 1. The molecule has 9 heteroatoms. The van der Waals surface area contributed by atoms with Gasteiger partial charge in [0.15, 0.2) is 21.7 Å². The van der Waals surface area contributed by atoms with E-state index in [9.17, 15) is 14.4 Å². The molecule has 3 aromatic heterocycles. The molecule has 0 aliphatic heterocycles. The molecule has 0 bridgehead atoms. The fourth-order valence-corrected chi connectivity index (χ4v) is 3.14. The largest absolute Gasteiger partial charge is 0.329 e. The first-order valence-electron chi connectivity index (χ1n) is 5.91. The Hall–Kier alpha value is -2.00. The highest BCUT2D eigenvalue weighted by atomic mass is 79.9. The van der Waals surface area contributed by atoms with Crippen molar-refractivity contribution in [3.63, 3.8) is 0 Å². The maximum absolute atomic E-state index is 12.2. The van der Waals surface area contributed by atoms with Crippen molar-refractivity contribution in [3.05, 3.63) is 48.0 Å². The van der Waals surface area contributed by atoms with Crippen LogP contribution in [-0.4, -0.2) is 24.9 Å². The molecule has 3 aromatic rings. The van der Waals surface area contributed by atoms with Crippen molar-refractivity contribution in [3.8, 4) is 0 Å². The van der Waals surface area contributed by atoms with Crippen LogP contribution in [0.3, 0.4) is 0 Å². The van der Waals surface area contributed by atoms with Crippen molar-refractivity contribution in [1.29, 1.82) is 0 Å². The number of aromatic amines is 1. The SMILES string of the molecule is Cn1c(=O)[nH]c(=O)c2c1nc(Br)n2CC(=O)c1cccs1. The first-order valence-corrected chi connectivity index (χ1v) is 7.58. The van der Waals surface area contributed by atoms with Crippen molar-refractivity contribution in [2.75, 3.05) is 0 Å². The number of hydrogen-bond acceptors (Lipinski definition) is 5. The van der Waals surface area contributed by atoms with E-state index < -0.39 is 11.2 Å². The Balaban J connectivity index is 2.18.